The zero-order valence-corrected chi connectivity index (χ0v) is 26.2. The van der Waals surface area contributed by atoms with E-state index in [0.717, 1.165) is 54.0 Å². The quantitative estimate of drug-likeness (QED) is 0.347. The molecule has 3 amide bonds. The topological polar surface area (TPSA) is 92.2 Å². The standard InChI is InChI=1S/C31H31F3N4O5S2/c1-3-35(4-2)19-11-9-18(10-12-19)23-24-25(28(41)38(27(24)40)21-8-6-5-7-20(21)31(32,33)34)44-29-26(23)45-30(42)37(29)17-22(39)36-13-15-43-16-14-36/h5-12,23-25H,3-4,13-17H2,1-2H3/t23-,24?,25?/m1/s1. The molecule has 0 saturated carbocycles. The van der Waals surface area contributed by atoms with Crippen LogP contribution in [-0.4, -0.2) is 71.8 Å². The number of nitrogens with zero attached hydrogens (tertiary/aromatic N) is 4. The summed E-state index contributed by atoms with van der Waals surface area (Å²) in [5.41, 5.74) is -0.00303. The SMILES string of the molecule is CCN(CC)c1ccc([C@H]2c3sc(=O)n(CC(=O)N4CCOCC4)c3SC3C(=O)N(c4ccccc4C(F)(F)F)C(=O)C32)cc1. The normalized spacial score (nSPS) is 21.6. The summed E-state index contributed by atoms with van der Waals surface area (Å²) in [5.74, 6) is -3.66. The Bertz CT molecular complexity index is 1680. The van der Waals surface area contributed by atoms with Crippen LogP contribution in [-0.2, 0) is 31.8 Å². The molecule has 2 unspecified atom stereocenters. The first-order valence-electron chi connectivity index (χ1n) is 14.7. The molecule has 14 heteroatoms. The molecule has 3 aliphatic rings. The van der Waals surface area contributed by atoms with E-state index in [9.17, 15) is 32.3 Å². The minimum Gasteiger partial charge on any atom is -0.378 e. The molecule has 0 N–H and O–H groups in total. The van der Waals surface area contributed by atoms with Gasteiger partial charge in [0, 0.05) is 42.7 Å². The Kier molecular flexibility index (Phi) is 8.57. The summed E-state index contributed by atoms with van der Waals surface area (Å²) < 4.78 is 48.8. The first-order valence-corrected chi connectivity index (χ1v) is 16.4. The summed E-state index contributed by atoms with van der Waals surface area (Å²) in [5, 5.41) is -0.713. The summed E-state index contributed by atoms with van der Waals surface area (Å²) in [6.07, 6.45) is -4.79. The number of hydrogen-bond acceptors (Lipinski definition) is 8. The molecule has 45 heavy (non-hydrogen) atoms. The molecule has 2 saturated heterocycles. The molecule has 3 aliphatic heterocycles. The van der Waals surface area contributed by atoms with Gasteiger partial charge in [0.1, 0.15) is 11.8 Å². The Labute approximate surface area is 265 Å². The number of halogens is 3. The lowest BCUT2D eigenvalue weighted by atomic mass is 9.83. The van der Waals surface area contributed by atoms with Crippen molar-refractivity contribution < 1.29 is 32.3 Å². The monoisotopic (exact) mass is 660 g/mol. The minimum atomic E-state index is -4.79. The molecule has 9 nitrogen and oxygen atoms in total. The number of amides is 3. The number of carbonyl (C=O) groups is 3. The highest BCUT2D eigenvalue weighted by Crippen LogP contribution is 2.54. The van der Waals surface area contributed by atoms with Crippen molar-refractivity contribution in [2.75, 3.05) is 49.2 Å². The summed E-state index contributed by atoms with van der Waals surface area (Å²) in [6, 6.07) is 12.0. The predicted molar refractivity (Wildman–Crippen MR) is 165 cm³/mol. The lowest BCUT2D eigenvalue weighted by Crippen LogP contribution is -2.43. The van der Waals surface area contributed by atoms with E-state index in [1.165, 1.54) is 16.7 Å². The highest BCUT2D eigenvalue weighted by molar-refractivity contribution is 8.00. The van der Waals surface area contributed by atoms with Crippen LogP contribution in [0.4, 0.5) is 24.5 Å². The van der Waals surface area contributed by atoms with Crippen LogP contribution in [0.5, 0.6) is 0 Å². The minimum absolute atomic E-state index is 0.259. The van der Waals surface area contributed by atoms with Gasteiger partial charge in [-0.05, 0) is 43.7 Å². The van der Waals surface area contributed by atoms with E-state index in [0.29, 0.717) is 46.7 Å². The number of anilines is 2. The van der Waals surface area contributed by atoms with Crippen LogP contribution < -0.4 is 14.7 Å². The second-order valence-corrected chi connectivity index (χ2v) is 13.1. The van der Waals surface area contributed by atoms with Crippen molar-refractivity contribution in [3.63, 3.8) is 0 Å². The Hall–Kier alpha value is -3.62. The van der Waals surface area contributed by atoms with Gasteiger partial charge in [-0.2, -0.15) is 13.2 Å². The van der Waals surface area contributed by atoms with Gasteiger partial charge >= 0.3 is 11.0 Å². The Morgan fingerprint density at radius 1 is 0.978 bits per heavy atom. The third-order valence-corrected chi connectivity index (χ3v) is 11.1. The molecule has 0 bridgehead atoms. The molecule has 6 rings (SSSR count). The fraction of sp³-hybridized carbons (Fsp3) is 0.419. The van der Waals surface area contributed by atoms with E-state index in [1.54, 1.807) is 4.90 Å². The number of thiazole rings is 1. The molecule has 0 radical (unpaired) electrons. The molecule has 0 aliphatic carbocycles. The number of aromatic nitrogens is 1. The lowest BCUT2D eigenvalue weighted by Gasteiger charge is -2.31. The predicted octanol–water partition coefficient (Wildman–Crippen LogP) is 4.43. The van der Waals surface area contributed by atoms with E-state index >= 15 is 0 Å². The highest BCUT2D eigenvalue weighted by Gasteiger charge is 2.57. The summed E-state index contributed by atoms with van der Waals surface area (Å²) in [7, 11) is 0. The summed E-state index contributed by atoms with van der Waals surface area (Å²) in [6.45, 7) is 6.89. The molecule has 3 aromatic rings. The maximum absolute atomic E-state index is 14.1. The summed E-state index contributed by atoms with van der Waals surface area (Å²) in [4.78, 5) is 59.2. The number of alkyl halides is 3. The van der Waals surface area contributed by atoms with Crippen molar-refractivity contribution in [3.8, 4) is 0 Å². The van der Waals surface area contributed by atoms with E-state index in [-0.39, 0.29) is 12.5 Å². The van der Waals surface area contributed by atoms with Gasteiger partial charge in [0.25, 0.3) is 0 Å². The number of morpholine rings is 1. The Morgan fingerprint density at radius 3 is 2.29 bits per heavy atom. The van der Waals surface area contributed by atoms with Crippen LogP contribution in [0.25, 0.3) is 0 Å². The zero-order valence-electron chi connectivity index (χ0n) is 24.6. The highest BCUT2D eigenvalue weighted by atomic mass is 32.2. The number of ether oxygens (including phenoxy) is 1. The van der Waals surface area contributed by atoms with Crippen molar-refractivity contribution in [3.05, 3.63) is 74.2 Å². The van der Waals surface area contributed by atoms with Crippen LogP contribution in [0.2, 0.25) is 0 Å². The second-order valence-electron chi connectivity index (χ2n) is 10.9. The molecule has 3 atom stereocenters. The van der Waals surface area contributed by atoms with Gasteiger partial charge in [-0.15, -0.1) is 0 Å². The maximum atomic E-state index is 14.1. The number of hydrogen-bond donors (Lipinski definition) is 0. The summed E-state index contributed by atoms with van der Waals surface area (Å²) >= 11 is 1.88. The van der Waals surface area contributed by atoms with Crippen LogP contribution in [0.3, 0.4) is 0 Å². The van der Waals surface area contributed by atoms with Gasteiger partial charge in [-0.25, -0.2) is 4.90 Å². The van der Waals surface area contributed by atoms with Gasteiger partial charge in [0.2, 0.25) is 17.7 Å². The maximum Gasteiger partial charge on any atom is 0.418 e. The molecule has 238 valence electrons. The van der Waals surface area contributed by atoms with Gasteiger partial charge < -0.3 is 14.5 Å². The average molecular weight is 661 g/mol. The molecular formula is C31H31F3N4O5S2. The van der Waals surface area contributed by atoms with Gasteiger partial charge in [-0.1, -0.05) is 47.4 Å². The number of para-hydroxylation sites is 1. The van der Waals surface area contributed by atoms with Gasteiger partial charge in [0.15, 0.2) is 0 Å². The number of imide groups is 1. The van der Waals surface area contributed by atoms with Crippen molar-refractivity contribution >= 4 is 52.2 Å². The number of benzene rings is 2. The zero-order chi connectivity index (χ0) is 32.0. The van der Waals surface area contributed by atoms with E-state index in [2.05, 4.69) is 4.90 Å². The number of rotatable bonds is 7. The first-order chi connectivity index (χ1) is 21.5. The van der Waals surface area contributed by atoms with E-state index in [4.69, 9.17) is 4.74 Å². The van der Waals surface area contributed by atoms with E-state index in [1.807, 2.05) is 38.1 Å². The van der Waals surface area contributed by atoms with Crippen molar-refractivity contribution in [2.45, 2.75) is 42.8 Å². The van der Waals surface area contributed by atoms with Crippen LogP contribution in [0.15, 0.2) is 58.4 Å². The number of fused-ring (bicyclic) bond motifs is 2. The third kappa shape index (κ3) is 5.57. The van der Waals surface area contributed by atoms with Gasteiger partial charge in [0.05, 0.1) is 35.4 Å². The molecule has 4 heterocycles. The molecule has 1 aromatic heterocycles. The first kappa shape index (κ1) is 31.4. The molecular weight excluding hydrogens is 629 g/mol. The van der Waals surface area contributed by atoms with Crippen LogP contribution in [0, 0.1) is 5.92 Å². The Balaban J connectivity index is 1.45. The second kappa shape index (κ2) is 12.3. The van der Waals surface area contributed by atoms with Gasteiger partial charge in [-0.3, -0.25) is 23.7 Å². The van der Waals surface area contributed by atoms with Crippen molar-refractivity contribution in [1.82, 2.24) is 9.47 Å². The smallest absolute Gasteiger partial charge is 0.378 e. The molecule has 0 spiro atoms. The van der Waals surface area contributed by atoms with Crippen LogP contribution >= 0.6 is 23.1 Å². The number of thioether (sulfide) groups is 1. The lowest BCUT2D eigenvalue weighted by molar-refractivity contribution is -0.137. The number of carbonyl (C=O) groups excluding carboxylic acids is 3. The average Bonchev–Trinajstić information content (AvgIpc) is 3.48. The van der Waals surface area contributed by atoms with Crippen LogP contribution in [0.1, 0.15) is 35.8 Å². The van der Waals surface area contributed by atoms with Crippen molar-refractivity contribution in [1.29, 1.82) is 0 Å². The van der Waals surface area contributed by atoms with Crippen molar-refractivity contribution in [2.24, 2.45) is 5.92 Å². The van der Waals surface area contributed by atoms with E-state index < -0.39 is 51.2 Å². The molecule has 2 aromatic carbocycles. The molecule has 2 fully saturated rings. The fourth-order valence-corrected chi connectivity index (χ4v) is 9.06. The Morgan fingerprint density at radius 2 is 1.64 bits per heavy atom. The fourth-order valence-electron chi connectivity index (χ4n) is 6.29. The third-order valence-electron chi connectivity index (χ3n) is 8.54. The largest absolute Gasteiger partial charge is 0.418 e.